The number of nitrogens with two attached hydrogens (primary N) is 1. The first-order valence-electron chi connectivity index (χ1n) is 5.60. The third kappa shape index (κ3) is 7.68. The Hall–Kier alpha value is -0.220. The molecular formula is C11H24N2OS. The molecule has 15 heavy (non-hydrogen) atoms. The van der Waals surface area contributed by atoms with Crippen molar-refractivity contribution in [3.05, 3.63) is 0 Å². The van der Waals surface area contributed by atoms with Crippen LogP contribution in [0.5, 0.6) is 0 Å². The lowest BCUT2D eigenvalue weighted by Crippen LogP contribution is -2.33. The van der Waals surface area contributed by atoms with Gasteiger partial charge in [0.15, 0.2) is 0 Å². The van der Waals surface area contributed by atoms with Crippen LogP contribution in [-0.4, -0.2) is 29.5 Å². The molecule has 0 saturated heterocycles. The summed E-state index contributed by atoms with van der Waals surface area (Å²) in [6.45, 7) is 9.68. The smallest absolute Gasteiger partial charge is 0.232 e. The van der Waals surface area contributed by atoms with Gasteiger partial charge in [-0.05, 0) is 19.3 Å². The number of rotatable bonds is 7. The largest absolute Gasteiger partial charge is 0.355 e. The molecule has 0 aliphatic rings. The Balaban J connectivity index is 3.69. The van der Waals surface area contributed by atoms with Gasteiger partial charge in [-0.1, -0.05) is 20.8 Å². The summed E-state index contributed by atoms with van der Waals surface area (Å²) in [4.78, 5) is 11.6. The highest BCUT2D eigenvalue weighted by molar-refractivity contribution is 8.01. The van der Waals surface area contributed by atoms with Gasteiger partial charge in [0.1, 0.15) is 0 Å². The van der Waals surface area contributed by atoms with Gasteiger partial charge >= 0.3 is 0 Å². The van der Waals surface area contributed by atoms with E-state index in [-0.39, 0.29) is 11.2 Å². The van der Waals surface area contributed by atoms with Crippen LogP contribution in [0.15, 0.2) is 0 Å². The quantitative estimate of drug-likeness (QED) is 0.701. The molecule has 0 radical (unpaired) electrons. The molecule has 0 aromatic carbocycles. The molecule has 1 amide bonds. The predicted octanol–water partition coefficient (Wildman–Crippen LogP) is 1.62. The molecule has 2 unspecified atom stereocenters. The summed E-state index contributed by atoms with van der Waals surface area (Å²) in [5.74, 6) is 0.761. The van der Waals surface area contributed by atoms with Crippen LogP contribution in [0.3, 0.4) is 0 Å². The van der Waals surface area contributed by atoms with Crippen molar-refractivity contribution in [2.45, 2.75) is 44.6 Å². The third-order valence-corrected chi connectivity index (χ3v) is 3.44. The Morgan fingerprint density at radius 2 is 1.93 bits per heavy atom. The van der Waals surface area contributed by atoms with Gasteiger partial charge in [0.25, 0.3) is 0 Å². The van der Waals surface area contributed by atoms with E-state index in [4.69, 9.17) is 5.73 Å². The monoisotopic (exact) mass is 232 g/mol. The van der Waals surface area contributed by atoms with E-state index in [2.05, 4.69) is 19.2 Å². The van der Waals surface area contributed by atoms with Gasteiger partial charge in [-0.25, -0.2) is 0 Å². The Kier molecular flexibility index (Phi) is 7.88. The van der Waals surface area contributed by atoms with Crippen LogP contribution in [-0.2, 0) is 4.79 Å². The van der Waals surface area contributed by atoms with Gasteiger partial charge in [-0.15, -0.1) is 11.8 Å². The lowest BCUT2D eigenvalue weighted by Gasteiger charge is -2.15. The van der Waals surface area contributed by atoms with E-state index in [0.717, 1.165) is 13.0 Å². The number of thioether (sulfide) groups is 1. The lowest BCUT2D eigenvalue weighted by atomic mass is 10.1. The van der Waals surface area contributed by atoms with Crippen molar-refractivity contribution in [2.75, 3.05) is 13.1 Å². The molecule has 3 N–H and O–H groups in total. The van der Waals surface area contributed by atoms with E-state index >= 15 is 0 Å². The third-order valence-electron chi connectivity index (χ3n) is 2.16. The highest BCUT2D eigenvalue weighted by Gasteiger charge is 2.15. The van der Waals surface area contributed by atoms with Crippen LogP contribution in [0.1, 0.15) is 34.1 Å². The van der Waals surface area contributed by atoms with E-state index < -0.39 is 0 Å². The number of carbonyl (C=O) groups is 1. The number of amides is 1. The predicted molar refractivity (Wildman–Crippen MR) is 68.0 cm³/mol. The first-order chi connectivity index (χ1) is 6.97. The van der Waals surface area contributed by atoms with Crippen molar-refractivity contribution in [1.82, 2.24) is 5.32 Å². The fourth-order valence-electron chi connectivity index (χ4n) is 1.09. The molecule has 0 aliphatic heterocycles. The number of hydrogen-bond donors (Lipinski definition) is 2. The minimum atomic E-state index is -0.00397. The van der Waals surface area contributed by atoms with Gasteiger partial charge in [0.2, 0.25) is 5.91 Å². The summed E-state index contributed by atoms with van der Waals surface area (Å²) in [6.07, 6.45) is 1.04. The zero-order chi connectivity index (χ0) is 11.8. The Bertz CT molecular complexity index is 185. The molecule has 90 valence electrons. The summed E-state index contributed by atoms with van der Waals surface area (Å²) in [7, 11) is 0. The Morgan fingerprint density at radius 3 is 2.40 bits per heavy atom. The average Bonchev–Trinajstić information content (AvgIpc) is 2.16. The standard InChI is InChI=1S/C11H24N2OS/c1-8(2)5-6-13-11(14)10(4)15-9(3)7-12/h8-10H,5-7,12H2,1-4H3,(H,13,14). The molecule has 0 fully saturated rings. The molecule has 2 atom stereocenters. The highest BCUT2D eigenvalue weighted by Crippen LogP contribution is 2.16. The van der Waals surface area contributed by atoms with Crippen LogP contribution in [0.4, 0.5) is 0 Å². The van der Waals surface area contributed by atoms with E-state index in [1.165, 1.54) is 0 Å². The van der Waals surface area contributed by atoms with Crippen molar-refractivity contribution in [1.29, 1.82) is 0 Å². The molecular weight excluding hydrogens is 208 g/mol. The summed E-state index contributed by atoms with van der Waals surface area (Å²) in [5, 5.41) is 3.28. The fourth-order valence-corrected chi connectivity index (χ4v) is 2.11. The molecule has 0 heterocycles. The first-order valence-corrected chi connectivity index (χ1v) is 6.54. The SMILES string of the molecule is CC(C)CCNC(=O)C(C)SC(C)CN. The molecule has 0 saturated carbocycles. The molecule has 0 aromatic rings. The number of carbonyl (C=O) groups excluding carboxylic acids is 1. The van der Waals surface area contributed by atoms with Gasteiger partial charge in [0, 0.05) is 18.3 Å². The maximum absolute atomic E-state index is 11.6. The second-order valence-electron chi connectivity index (χ2n) is 4.30. The van der Waals surface area contributed by atoms with Crippen LogP contribution < -0.4 is 11.1 Å². The van der Waals surface area contributed by atoms with Crippen LogP contribution in [0.25, 0.3) is 0 Å². The minimum absolute atomic E-state index is 0.00397. The zero-order valence-corrected chi connectivity index (χ0v) is 11.1. The summed E-state index contributed by atoms with van der Waals surface area (Å²) < 4.78 is 0. The zero-order valence-electron chi connectivity index (χ0n) is 10.2. The molecule has 0 aromatic heterocycles. The molecule has 0 aliphatic carbocycles. The maximum atomic E-state index is 11.6. The van der Waals surface area contributed by atoms with Gasteiger partial charge < -0.3 is 11.1 Å². The van der Waals surface area contributed by atoms with Gasteiger partial charge in [-0.2, -0.15) is 0 Å². The first kappa shape index (κ1) is 14.8. The van der Waals surface area contributed by atoms with E-state index in [1.54, 1.807) is 11.8 Å². The second-order valence-corrected chi connectivity index (χ2v) is 6.08. The average molecular weight is 232 g/mol. The van der Waals surface area contributed by atoms with Crippen molar-refractivity contribution in [2.24, 2.45) is 11.7 Å². The second kappa shape index (κ2) is 7.99. The van der Waals surface area contributed by atoms with E-state index in [1.807, 2.05) is 13.8 Å². The Labute approximate surface area is 97.6 Å². The topological polar surface area (TPSA) is 55.1 Å². The van der Waals surface area contributed by atoms with Gasteiger partial charge in [0.05, 0.1) is 5.25 Å². The van der Waals surface area contributed by atoms with Crippen molar-refractivity contribution < 1.29 is 4.79 Å². The minimum Gasteiger partial charge on any atom is -0.355 e. The lowest BCUT2D eigenvalue weighted by molar-refractivity contribution is -0.120. The number of nitrogens with one attached hydrogen (secondary N) is 1. The van der Waals surface area contributed by atoms with Crippen molar-refractivity contribution >= 4 is 17.7 Å². The summed E-state index contributed by atoms with van der Waals surface area (Å²) in [5.41, 5.74) is 5.51. The van der Waals surface area contributed by atoms with Crippen molar-refractivity contribution in [3.63, 3.8) is 0 Å². The summed E-state index contributed by atoms with van der Waals surface area (Å²) >= 11 is 1.63. The molecule has 0 spiro atoms. The van der Waals surface area contributed by atoms with Crippen LogP contribution in [0.2, 0.25) is 0 Å². The van der Waals surface area contributed by atoms with Crippen LogP contribution >= 0.6 is 11.8 Å². The summed E-state index contributed by atoms with van der Waals surface area (Å²) in [6, 6.07) is 0. The van der Waals surface area contributed by atoms with Crippen molar-refractivity contribution in [3.8, 4) is 0 Å². The Morgan fingerprint density at radius 1 is 1.33 bits per heavy atom. The highest BCUT2D eigenvalue weighted by atomic mass is 32.2. The normalized spacial score (nSPS) is 15.1. The van der Waals surface area contributed by atoms with E-state index in [9.17, 15) is 4.79 Å². The molecule has 0 rings (SSSR count). The van der Waals surface area contributed by atoms with E-state index in [0.29, 0.717) is 17.7 Å². The molecule has 3 nitrogen and oxygen atoms in total. The number of hydrogen-bond acceptors (Lipinski definition) is 3. The molecule has 4 heteroatoms. The fraction of sp³-hybridized carbons (Fsp3) is 0.909. The maximum Gasteiger partial charge on any atom is 0.232 e. The molecule has 0 bridgehead atoms. The van der Waals surface area contributed by atoms with Crippen LogP contribution in [0, 0.1) is 5.92 Å². The van der Waals surface area contributed by atoms with Gasteiger partial charge in [-0.3, -0.25) is 4.79 Å².